The van der Waals surface area contributed by atoms with Crippen LogP contribution in [0.25, 0.3) is 22.3 Å². The van der Waals surface area contributed by atoms with E-state index in [-0.39, 0.29) is 17.0 Å². The van der Waals surface area contributed by atoms with Crippen LogP contribution < -0.4 is 20.7 Å². The van der Waals surface area contributed by atoms with Crippen LogP contribution in [0.15, 0.2) is 33.9 Å². The van der Waals surface area contributed by atoms with Crippen LogP contribution in [0.1, 0.15) is 25.7 Å². The fourth-order valence-corrected chi connectivity index (χ4v) is 3.27. The summed E-state index contributed by atoms with van der Waals surface area (Å²) in [6, 6.07) is 6.68. The molecular formula is C19H19N3O5. The molecule has 0 saturated carbocycles. The summed E-state index contributed by atoms with van der Waals surface area (Å²) in [5.41, 5.74) is 0.668. The molecule has 27 heavy (non-hydrogen) atoms. The van der Waals surface area contributed by atoms with Crippen LogP contribution in [0.3, 0.4) is 0 Å². The van der Waals surface area contributed by atoms with Crippen molar-refractivity contribution < 1.29 is 14.6 Å². The smallest absolute Gasteiger partial charge is 0.330 e. The van der Waals surface area contributed by atoms with Gasteiger partial charge in [0.25, 0.3) is 5.56 Å². The number of methoxy groups -OCH3 is 1. The van der Waals surface area contributed by atoms with E-state index < -0.39 is 17.5 Å². The molecule has 1 aliphatic heterocycles. The molecule has 8 nitrogen and oxygen atoms in total. The van der Waals surface area contributed by atoms with Crippen molar-refractivity contribution in [3.8, 4) is 22.8 Å². The zero-order chi connectivity index (χ0) is 19.3. The minimum Gasteiger partial charge on any atom is -0.497 e. The van der Waals surface area contributed by atoms with Gasteiger partial charge >= 0.3 is 5.69 Å². The van der Waals surface area contributed by atoms with Crippen molar-refractivity contribution in [3.05, 3.63) is 50.7 Å². The Hall–Kier alpha value is -3.13. The highest BCUT2D eigenvalue weighted by Crippen LogP contribution is 2.42. The van der Waals surface area contributed by atoms with E-state index in [1.807, 2.05) is 13.8 Å². The number of pyridine rings is 1. The van der Waals surface area contributed by atoms with Gasteiger partial charge in [0.2, 0.25) is 6.29 Å². The van der Waals surface area contributed by atoms with E-state index in [1.54, 1.807) is 25.3 Å². The lowest BCUT2D eigenvalue weighted by molar-refractivity contribution is -0.0215. The molecule has 4 rings (SSSR count). The largest absolute Gasteiger partial charge is 0.497 e. The molecule has 2 aromatic heterocycles. The number of nitrogens with one attached hydrogen (secondary N) is 1. The average Bonchev–Trinajstić information content (AvgIpc) is 2.64. The molecule has 0 unspecified atom stereocenters. The van der Waals surface area contributed by atoms with Crippen molar-refractivity contribution in [1.82, 2.24) is 14.5 Å². The molecule has 0 aliphatic carbocycles. The number of nitrogens with zero attached hydrogens (tertiary/aromatic N) is 2. The van der Waals surface area contributed by atoms with E-state index in [9.17, 15) is 14.7 Å². The number of ether oxygens (including phenoxy) is 2. The molecule has 1 aromatic carbocycles. The molecule has 3 aromatic rings. The Bertz CT molecular complexity index is 1160. The van der Waals surface area contributed by atoms with E-state index in [4.69, 9.17) is 9.47 Å². The standard InChI is InChI=1S/C19H19N3O5/c1-9(2)8-22-16-13(17(23)21-19(22)25)7-12-15(20-16)11-6-10(26-3)4-5-14(11)27-18(12)24/h4-7,9,18,24H,8H2,1-3H3,(H,21,23,25)/t18-/m1/s1. The zero-order valence-electron chi connectivity index (χ0n) is 15.1. The van der Waals surface area contributed by atoms with Crippen LogP contribution in [0, 0.1) is 5.92 Å². The Morgan fingerprint density at radius 2 is 2.11 bits per heavy atom. The average molecular weight is 369 g/mol. The lowest BCUT2D eigenvalue weighted by atomic mass is 10.0. The van der Waals surface area contributed by atoms with Crippen LogP contribution in [-0.4, -0.2) is 26.8 Å². The fourth-order valence-electron chi connectivity index (χ4n) is 3.27. The molecule has 8 heteroatoms. The summed E-state index contributed by atoms with van der Waals surface area (Å²) in [6.07, 6.45) is -1.26. The normalized spacial score (nSPS) is 15.4. The molecule has 0 amide bonds. The second-order valence-corrected chi connectivity index (χ2v) is 6.89. The number of aliphatic hydroxyl groups is 1. The van der Waals surface area contributed by atoms with Gasteiger partial charge in [-0.25, -0.2) is 9.78 Å². The Morgan fingerprint density at radius 1 is 1.33 bits per heavy atom. The Kier molecular flexibility index (Phi) is 4.00. The van der Waals surface area contributed by atoms with E-state index >= 15 is 0 Å². The topological polar surface area (TPSA) is 106 Å². The van der Waals surface area contributed by atoms with E-state index in [2.05, 4.69) is 9.97 Å². The Labute approximate surface area is 154 Å². The highest BCUT2D eigenvalue weighted by Gasteiger charge is 2.28. The number of hydrogen-bond donors (Lipinski definition) is 2. The minimum atomic E-state index is -1.26. The maximum Gasteiger partial charge on any atom is 0.330 e. The van der Waals surface area contributed by atoms with Crippen LogP contribution in [0.4, 0.5) is 0 Å². The summed E-state index contributed by atoms with van der Waals surface area (Å²) in [5.74, 6) is 1.23. The quantitative estimate of drug-likeness (QED) is 0.729. The first-order chi connectivity index (χ1) is 12.9. The van der Waals surface area contributed by atoms with Gasteiger partial charge in [0.15, 0.2) is 0 Å². The number of hydrogen-bond acceptors (Lipinski definition) is 6. The van der Waals surface area contributed by atoms with Crippen molar-refractivity contribution in [2.45, 2.75) is 26.7 Å². The van der Waals surface area contributed by atoms with Gasteiger partial charge in [-0.1, -0.05) is 13.8 Å². The lowest BCUT2D eigenvalue weighted by Crippen LogP contribution is -2.32. The summed E-state index contributed by atoms with van der Waals surface area (Å²) in [5, 5.41) is 10.6. The van der Waals surface area contributed by atoms with E-state index in [0.29, 0.717) is 34.9 Å². The second kappa shape index (κ2) is 6.24. The molecule has 3 heterocycles. The first kappa shape index (κ1) is 17.3. The first-order valence-electron chi connectivity index (χ1n) is 8.60. The summed E-state index contributed by atoms with van der Waals surface area (Å²) in [6.45, 7) is 4.35. The maximum atomic E-state index is 12.3. The highest BCUT2D eigenvalue weighted by molar-refractivity contribution is 5.83. The Balaban J connectivity index is 2.08. The van der Waals surface area contributed by atoms with Crippen molar-refractivity contribution in [2.24, 2.45) is 5.92 Å². The highest BCUT2D eigenvalue weighted by atomic mass is 16.6. The third-order valence-electron chi connectivity index (χ3n) is 4.49. The van der Waals surface area contributed by atoms with Crippen molar-refractivity contribution in [3.63, 3.8) is 0 Å². The van der Waals surface area contributed by atoms with Gasteiger partial charge in [-0.3, -0.25) is 14.3 Å². The molecule has 0 saturated heterocycles. The van der Waals surface area contributed by atoms with Gasteiger partial charge in [0.1, 0.15) is 17.1 Å². The first-order valence-corrected chi connectivity index (χ1v) is 8.60. The number of aromatic nitrogens is 3. The molecule has 1 aliphatic rings. The molecular weight excluding hydrogens is 350 g/mol. The molecule has 0 radical (unpaired) electrons. The summed E-state index contributed by atoms with van der Waals surface area (Å²) < 4.78 is 12.3. The monoisotopic (exact) mass is 369 g/mol. The summed E-state index contributed by atoms with van der Waals surface area (Å²) >= 11 is 0. The number of H-pyrrole nitrogens is 1. The third-order valence-corrected chi connectivity index (χ3v) is 4.49. The van der Waals surface area contributed by atoms with Crippen LogP contribution in [0.2, 0.25) is 0 Å². The van der Waals surface area contributed by atoms with Crippen LogP contribution in [-0.2, 0) is 6.54 Å². The Morgan fingerprint density at radius 3 is 2.81 bits per heavy atom. The minimum absolute atomic E-state index is 0.177. The van der Waals surface area contributed by atoms with Gasteiger partial charge in [-0.15, -0.1) is 0 Å². The van der Waals surface area contributed by atoms with E-state index in [1.165, 1.54) is 10.6 Å². The van der Waals surface area contributed by atoms with Crippen molar-refractivity contribution in [1.29, 1.82) is 0 Å². The van der Waals surface area contributed by atoms with Crippen LogP contribution >= 0.6 is 0 Å². The number of benzene rings is 1. The molecule has 2 N–H and O–H groups in total. The molecule has 0 fully saturated rings. The number of rotatable bonds is 3. The van der Waals surface area contributed by atoms with Gasteiger partial charge in [-0.05, 0) is 30.2 Å². The number of fused-ring (bicyclic) bond motifs is 4. The predicted octanol–water partition coefficient (Wildman–Crippen LogP) is 1.80. The molecule has 0 bridgehead atoms. The van der Waals surface area contributed by atoms with E-state index in [0.717, 1.165) is 0 Å². The summed E-state index contributed by atoms with van der Waals surface area (Å²) in [4.78, 5) is 31.6. The number of aliphatic hydroxyl groups excluding tert-OH is 1. The SMILES string of the molecule is COc1ccc2c(c1)-c1nc3c(cc1[C@H](O)O2)c(=O)[nH]c(=O)n3CC(C)C. The van der Waals surface area contributed by atoms with Gasteiger partial charge in [-0.2, -0.15) is 0 Å². The summed E-state index contributed by atoms with van der Waals surface area (Å²) in [7, 11) is 1.55. The fraction of sp³-hybridized carbons (Fsp3) is 0.316. The predicted molar refractivity (Wildman–Crippen MR) is 99.0 cm³/mol. The van der Waals surface area contributed by atoms with Gasteiger partial charge in [0.05, 0.1) is 18.2 Å². The second-order valence-electron chi connectivity index (χ2n) is 6.89. The van der Waals surface area contributed by atoms with Gasteiger partial charge in [0, 0.05) is 17.7 Å². The maximum absolute atomic E-state index is 12.3. The van der Waals surface area contributed by atoms with Gasteiger partial charge < -0.3 is 14.6 Å². The molecule has 140 valence electrons. The molecule has 1 atom stereocenters. The van der Waals surface area contributed by atoms with Crippen molar-refractivity contribution >= 4 is 11.0 Å². The number of aromatic amines is 1. The molecule has 0 spiro atoms. The third kappa shape index (κ3) is 2.78. The lowest BCUT2D eigenvalue weighted by Gasteiger charge is -2.25. The van der Waals surface area contributed by atoms with Crippen LogP contribution in [0.5, 0.6) is 11.5 Å². The van der Waals surface area contributed by atoms with Crippen molar-refractivity contribution in [2.75, 3.05) is 7.11 Å². The zero-order valence-corrected chi connectivity index (χ0v) is 15.1.